The number of hydrogen-bond donors (Lipinski definition) is 3. The highest BCUT2D eigenvalue weighted by molar-refractivity contribution is 5.92. The summed E-state index contributed by atoms with van der Waals surface area (Å²) in [7, 11) is 1.79. The second-order valence-corrected chi connectivity index (χ2v) is 9.40. The van der Waals surface area contributed by atoms with E-state index in [0.29, 0.717) is 18.9 Å². The number of aliphatic carboxylic acids is 1. The molecule has 0 saturated heterocycles. The van der Waals surface area contributed by atoms with Crippen molar-refractivity contribution in [2.45, 2.75) is 64.3 Å². The summed E-state index contributed by atoms with van der Waals surface area (Å²) in [6.07, 6.45) is 8.69. The summed E-state index contributed by atoms with van der Waals surface area (Å²) in [6.45, 7) is 3.67. The fraction of sp³-hybridized carbons (Fsp3) is 0.500. The van der Waals surface area contributed by atoms with Gasteiger partial charge in [-0.2, -0.15) is 0 Å². The number of urea groups is 1. The number of carboxylic acid groups (broad SMARTS) is 1. The number of hydrogen-bond acceptors (Lipinski definition) is 3. The van der Waals surface area contributed by atoms with Crippen LogP contribution in [0.1, 0.15) is 57.4 Å². The van der Waals surface area contributed by atoms with E-state index in [9.17, 15) is 14.7 Å². The largest absolute Gasteiger partial charge is 0.480 e. The van der Waals surface area contributed by atoms with E-state index in [1.807, 2.05) is 48.5 Å². The van der Waals surface area contributed by atoms with Gasteiger partial charge >= 0.3 is 12.0 Å². The van der Waals surface area contributed by atoms with E-state index in [-0.39, 0.29) is 6.03 Å². The van der Waals surface area contributed by atoms with Gasteiger partial charge in [0.1, 0.15) is 6.04 Å². The van der Waals surface area contributed by atoms with E-state index in [1.54, 1.807) is 11.9 Å². The van der Waals surface area contributed by atoms with Crippen LogP contribution in [0, 0.1) is 5.92 Å². The zero-order valence-corrected chi connectivity index (χ0v) is 20.6. The molecule has 3 N–H and O–H groups in total. The van der Waals surface area contributed by atoms with Crippen LogP contribution in [0.2, 0.25) is 0 Å². The molecule has 0 spiro atoms. The van der Waals surface area contributed by atoms with Gasteiger partial charge in [0.2, 0.25) is 0 Å². The Morgan fingerprint density at radius 1 is 1.03 bits per heavy atom. The predicted octanol–water partition coefficient (Wildman–Crippen LogP) is 5.47. The zero-order chi connectivity index (χ0) is 24.3. The van der Waals surface area contributed by atoms with E-state index in [2.05, 4.69) is 17.6 Å². The van der Waals surface area contributed by atoms with E-state index < -0.39 is 12.0 Å². The van der Waals surface area contributed by atoms with Crippen molar-refractivity contribution in [3.8, 4) is 11.1 Å². The smallest absolute Gasteiger partial charge is 0.321 e. The van der Waals surface area contributed by atoms with Crippen molar-refractivity contribution >= 4 is 17.7 Å². The Bertz CT molecular complexity index is 925. The SMILES string of the molecule is CCCCCCCNC(=O)N(C)c1cccc(-c2ccc(C[C@H](NCC3CC3)C(=O)O)cc2)c1. The third kappa shape index (κ3) is 8.17. The quantitative estimate of drug-likeness (QED) is 0.323. The Kier molecular flexibility index (Phi) is 9.95. The van der Waals surface area contributed by atoms with Crippen LogP contribution in [-0.2, 0) is 11.2 Å². The first-order valence-electron chi connectivity index (χ1n) is 12.6. The first-order valence-corrected chi connectivity index (χ1v) is 12.6. The summed E-state index contributed by atoms with van der Waals surface area (Å²) < 4.78 is 0. The minimum atomic E-state index is -0.806. The first-order chi connectivity index (χ1) is 16.5. The van der Waals surface area contributed by atoms with E-state index in [4.69, 9.17) is 0 Å². The standard InChI is InChI=1S/C28H39N3O3/c1-3-4-5-6-7-17-29-28(34)31(2)25-10-8-9-24(19-25)23-15-13-21(14-16-23)18-26(27(32)33)30-20-22-11-12-22/h8-10,13-16,19,22,26,30H,3-7,11-12,17-18,20H2,1-2H3,(H,29,34)(H,32,33)/t26-/m0/s1. The molecule has 2 aromatic rings. The molecule has 0 aromatic heterocycles. The van der Waals surface area contributed by atoms with Gasteiger partial charge in [-0.1, -0.05) is 69.0 Å². The van der Waals surface area contributed by atoms with Crippen molar-refractivity contribution in [3.63, 3.8) is 0 Å². The lowest BCUT2D eigenvalue weighted by Gasteiger charge is -2.19. The fourth-order valence-electron chi connectivity index (χ4n) is 4.00. The van der Waals surface area contributed by atoms with Crippen molar-refractivity contribution in [2.75, 3.05) is 25.0 Å². The molecule has 0 heterocycles. The molecule has 6 nitrogen and oxygen atoms in total. The van der Waals surface area contributed by atoms with Crippen molar-refractivity contribution in [1.29, 1.82) is 0 Å². The van der Waals surface area contributed by atoms with Gasteiger partial charge in [0.25, 0.3) is 0 Å². The van der Waals surface area contributed by atoms with Gasteiger partial charge in [0, 0.05) is 19.3 Å². The highest BCUT2D eigenvalue weighted by Gasteiger charge is 2.25. The number of carbonyl (C=O) groups is 2. The molecule has 0 radical (unpaired) electrons. The average Bonchev–Trinajstić information content (AvgIpc) is 3.68. The summed E-state index contributed by atoms with van der Waals surface area (Å²) in [4.78, 5) is 25.8. The maximum absolute atomic E-state index is 12.5. The van der Waals surface area contributed by atoms with Crippen molar-refractivity contribution in [3.05, 3.63) is 54.1 Å². The summed E-state index contributed by atoms with van der Waals surface area (Å²) >= 11 is 0. The Morgan fingerprint density at radius 2 is 1.76 bits per heavy atom. The number of amides is 2. The van der Waals surface area contributed by atoms with Gasteiger partial charge in [-0.25, -0.2) is 4.79 Å². The number of nitrogens with one attached hydrogen (secondary N) is 2. The summed E-state index contributed by atoms with van der Waals surface area (Å²) in [5, 5.41) is 15.7. The summed E-state index contributed by atoms with van der Waals surface area (Å²) in [5.74, 6) is -0.165. The number of unbranched alkanes of at least 4 members (excludes halogenated alkanes) is 4. The molecule has 3 rings (SSSR count). The Hall–Kier alpha value is -2.86. The van der Waals surface area contributed by atoms with Crippen molar-refractivity contribution < 1.29 is 14.7 Å². The third-order valence-electron chi connectivity index (χ3n) is 6.47. The number of benzene rings is 2. The zero-order valence-electron chi connectivity index (χ0n) is 20.6. The molecular formula is C28H39N3O3. The maximum atomic E-state index is 12.5. The summed E-state index contributed by atoms with van der Waals surface area (Å²) in [6, 6.07) is 15.3. The monoisotopic (exact) mass is 465 g/mol. The Morgan fingerprint density at radius 3 is 2.44 bits per heavy atom. The van der Waals surface area contributed by atoms with Crippen LogP contribution in [0.25, 0.3) is 11.1 Å². The van der Waals surface area contributed by atoms with Crippen LogP contribution in [0.4, 0.5) is 10.5 Å². The molecule has 0 unspecified atom stereocenters. The summed E-state index contributed by atoms with van der Waals surface area (Å²) in [5.41, 5.74) is 3.88. The van der Waals surface area contributed by atoms with Crippen LogP contribution >= 0.6 is 0 Å². The lowest BCUT2D eigenvalue weighted by atomic mass is 10.00. The topological polar surface area (TPSA) is 81.7 Å². The van der Waals surface area contributed by atoms with E-state index >= 15 is 0 Å². The van der Waals surface area contributed by atoms with Gasteiger partial charge in [0.15, 0.2) is 0 Å². The van der Waals surface area contributed by atoms with Gasteiger partial charge in [0.05, 0.1) is 0 Å². The van der Waals surface area contributed by atoms with Crippen LogP contribution in [0.3, 0.4) is 0 Å². The Labute approximate surface area is 203 Å². The molecule has 1 atom stereocenters. The van der Waals surface area contributed by atoms with Gasteiger partial charge in [-0.05, 0) is 67.0 Å². The normalized spacial score (nSPS) is 13.9. The number of nitrogens with zero attached hydrogens (tertiary/aromatic N) is 1. The van der Waals surface area contributed by atoms with Crippen molar-refractivity contribution in [2.24, 2.45) is 5.92 Å². The predicted molar refractivity (Wildman–Crippen MR) is 138 cm³/mol. The lowest BCUT2D eigenvalue weighted by molar-refractivity contribution is -0.139. The van der Waals surface area contributed by atoms with Gasteiger partial charge < -0.3 is 15.7 Å². The molecule has 34 heavy (non-hydrogen) atoms. The first kappa shape index (κ1) is 25.8. The lowest BCUT2D eigenvalue weighted by Crippen LogP contribution is -2.39. The average molecular weight is 466 g/mol. The molecule has 6 heteroatoms. The van der Waals surface area contributed by atoms with Gasteiger partial charge in [-0.15, -0.1) is 0 Å². The number of rotatable bonds is 14. The highest BCUT2D eigenvalue weighted by Crippen LogP contribution is 2.28. The molecule has 0 bridgehead atoms. The minimum absolute atomic E-state index is 0.0959. The third-order valence-corrected chi connectivity index (χ3v) is 6.47. The number of carbonyl (C=O) groups excluding carboxylic acids is 1. The number of anilines is 1. The number of carboxylic acids is 1. The molecule has 1 aliphatic rings. The molecule has 2 aromatic carbocycles. The second kappa shape index (κ2) is 13.1. The second-order valence-electron chi connectivity index (χ2n) is 9.40. The van der Waals surface area contributed by atoms with E-state index in [1.165, 1.54) is 32.1 Å². The highest BCUT2D eigenvalue weighted by atomic mass is 16.4. The molecule has 2 amide bonds. The molecule has 1 saturated carbocycles. The van der Waals surface area contributed by atoms with Crippen LogP contribution in [0.5, 0.6) is 0 Å². The van der Waals surface area contributed by atoms with Crippen LogP contribution < -0.4 is 15.5 Å². The Balaban J connectivity index is 1.55. The van der Waals surface area contributed by atoms with Crippen LogP contribution in [0.15, 0.2) is 48.5 Å². The van der Waals surface area contributed by atoms with Crippen LogP contribution in [-0.4, -0.2) is 43.3 Å². The fourth-order valence-corrected chi connectivity index (χ4v) is 4.00. The minimum Gasteiger partial charge on any atom is -0.480 e. The molecule has 0 aliphatic heterocycles. The molecular weight excluding hydrogens is 426 g/mol. The molecule has 1 fully saturated rings. The van der Waals surface area contributed by atoms with Crippen molar-refractivity contribution in [1.82, 2.24) is 10.6 Å². The van der Waals surface area contributed by atoms with E-state index in [0.717, 1.165) is 41.8 Å². The molecule has 1 aliphatic carbocycles. The maximum Gasteiger partial charge on any atom is 0.321 e. The van der Waals surface area contributed by atoms with Gasteiger partial charge in [-0.3, -0.25) is 9.69 Å². The molecule has 184 valence electrons.